The maximum Gasteiger partial charge on any atom is 0.328 e. The molecule has 1 aromatic heterocycles. The Hall–Kier alpha value is -3.85. The number of hydrogen-bond donors (Lipinski definition) is 2. The van der Waals surface area contributed by atoms with Crippen LogP contribution >= 0.6 is 0 Å². The van der Waals surface area contributed by atoms with Gasteiger partial charge in [-0.15, -0.1) is 0 Å². The van der Waals surface area contributed by atoms with E-state index in [1.165, 1.54) is 12.1 Å². The van der Waals surface area contributed by atoms with E-state index in [9.17, 15) is 13.6 Å². The first kappa shape index (κ1) is 21.4. The van der Waals surface area contributed by atoms with Gasteiger partial charge in [0.1, 0.15) is 5.82 Å². The summed E-state index contributed by atoms with van der Waals surface area (Å²) < 4.78 is 32.2. The summed E-state index contributed by atoms with van der Waals surface area (Å²) in [5, 5.41) is 11.8. The summed E-state index contributed by atoms with van der Waals surface area (Å²) in [6.07, 6.45) is 4.24. The van der Waals surface area contributed by atoms with Crippen LogP contribution in [-0.2, 0) is 9.53 Å². The molecule has 1 aliphatic heterocycles. The minimum atomic E-state index is -1.03. The SMILES string of the molecule is O=C(O)/C=C/c1cccc(-c2cnc(Nc3ccc(F)c(F)c3)nc2N2CCOCC2)c1. The van der Waals surface area contributed by atoms with Crippen LogP contribution in [0, 0.1) is 11.6 Å². The molecule has 0 atom stereocenters. The van der Waals surface area contributed by atoms with E-state index in [2.05, 4.69) is 20.2 Å². The number of rotatable bonds is 6. The van der Waals surface area contributed by atoms with E-state index < -0.39 is 17.6 Å². The summed E-state index contributed by atoms with van der Waals surface area (Å²) >= 11 is 0. The lowest BCUT2D eigenvalue weighted by Crippen LogP contribution is -2.37. The van der Waals surface area contributed by atoms with Crippen LogP contribution < -0.4 is 10.2 Å². The van der Waals surface area contributed by atoms with Crippen LogP contribution in [0.2, 0.25) is 0 Å². The molecular weight excluding hydrogens is 418 g/mol. The first-order valence-corrected chi connectivity index (χ1v) is 9.93. The molecule has 0 radical (unpaired) electrons. The quantitative estimate of drug-likeness (QED) is 0.560. The number of nitrogens with one attached hydrogen (secondary N) is 1. The minimum Gasteiger partial charge on any atom is -0.478 e. The molecule has 3 aromatic rings. The van der Waals surface area contributed by atoms with Crippen LogP contribution in [-0.4, -0.2) is 47.3 Å². The highest BCUT2D eigenvalue weighted by Gasteiger charge is 2.19. The molecule has 2 heterocycles. The van der Waals surface area contributed by atoms with Gasteiger partial charge in [-0.25, -0.2) is 18.6 Å². The average molecular weight is 438 g/mol. The molecule has 0 spiro atoms. The number of aromatic nitrogens is 2. The minimum absolute atomic E-state index is 0.239. The Balaban J connectivity index is 1.71. The van der Waals surface area contributed by atoms with Gasteiger partial charge in [0.15, 0.2) is 11.6 Å². The third-order valence-corrected chi connectivity index (χ3v) is 4.87. The average Bonchev–Trinajstić information content (AvgIpc) is 2.81. The van der Waals surface area contributed by atoms with Gasteiger partial charge in [-0.1, -0.05) is 18.2 Å². The second-order valence-electron chi connectivity index (χ2n) is 7.08. The van der Waals surface area contributed by atoms with Gasteiger partial charge in [0.2, 0.25) is 5.95 Å². The van der Waals surface area contributed by atoms with Gasteiger partial charge in [-0.3, -0.25) is 0 Å². The molecule has 0 bridgehead atoms. The van der Waals surface area contributed by atoms with Crippen molar-refractivity contribution in [2.45, 2.75) is 0 Å². The number of carboxylic acid groups (broad SMARTS) is 1. The third kappa shape index (κ3) is 5.06. The van der Waals surface area contributed by atoms with E-state index in [-0.39, 0.29) is 5.95 Å². The molecule has 0 amide bonds. The first-order valence-electron chi connectivity index (χ1n) is 9.93. The van der Waals surface area contributed by atoms with Crippen LogP contribution in [0.3, 0.4) is 0 Å². The third-order valence-electron chi connectivity index (χ3n) is 4.87. The van der Waals surface area contributed by atoms with E-state index in [0.29, 0.717) is 37.8 Å². The van der Waals surface area contributed by atoms with Crippen molar-refractivity contribution in [1.29, 1.82) is 0 Å². The molecule has 9 heteroatoms. The van der Waals surface area contributed by atoms with Gasteiger partial charge in [0.25, 0.3) is 0 Å². The Morgan fingerprint density at radius 2 is 1.94 bits per heavy atom. The number of hydrogen-bond acceptors (Lipinski definition) is 6. The standard InChI is InChI=1S/C23H20F2N4O3/c24-19-6-5-17(13-20(19)25)27-23-26-14-18(22(28-23)29-8-10-32-11-9-29)16-3-1-2-15(12-16)4-7-21(30)31/h1-7,12-14H,8-11H2,(H,30,31)(H,26,27,28)/b7-4+. The number of anilines is 3. The maximum absolute atomic E-state index is 13.6. The molecular formula is C23H20F2N4O3. The Kier molecular flexibility index (Phi) is 6.37. The zero-order chi connectivity index (χ0) is 22.5. The molecule has 2 aromatic carbocycles. The Labute approximate surface area is 183 Å². The molecule has 32 heavy (non-hydrogen) atoms. The van der Waals surface area contributed by atoms with Crippen LogP contribution in [0.1, 0.15) is 5.56 Å². The molecule has 1 aliphatic rings. The van der Waals surface area contributed by atoms with Crippen molar-refractivity contribution in [3.05, 3.63) is 71.9 Å². The summed E-state index contributed by atoms with van der Waals surface area (Å²) in [7, 11) is 0. The van der Waals surface area contributed by atoms with E-state index in [1.54, 1.807) is 12.3 Å². The van der Waals surface area contributed by atoms with Gasteiger partial charge >= 0.3 is 5.97 Å². The fourth-order valence-electron chi connectivity index (χ4n) is 3.33. The highest BCUT2D eigenvalue weighted by molar-refractivity contribution is 5.86. The molecule has 0 unspecified atom stereocenters. The molecule has 2 N–H and O–H groups in total. The largest absolute Gasteiger partial charge is 0.478 e. The van der Waals surface area contributed by atoms with Gasteiger partial charge in [-0.05, 0) is 35.4 Å². The number of carbonyl (C=O) groups is 1. The van der Waals surface area contributed by atoms with Gasteiger partial charge in [0.05, 0.1) is 13.2 Å². The molecule has 0 aliphatic carbocycles. The van der Waals surface area contributed by atoms with E-state index >= 15 is 0 Å². The Bertz CT molecular complexity index is 1160. The van der Waals surface area contributed by atoms with Gasteiger partial charge in [-0.2, -0.15) is 4.98 Å². The maximum atomic E-state index is 13.6. The highest BCUT2D eigenvalue weighted by Crippen LogP contribution is 2.31. The topological polar surface area (TPSA) is 87.6 Å². The van der Waals surface area contributed by atoms with Crippen molar-refractivity contribution in [3.8, 4) is 11.1 Å². The van der Waals surface area contributed by atoms with Crippen molar-refractivity contribution in [3.63, 3.8) is 0 Å². The van der Waals surface area contributed by atoms with Crippen molar-refractivity contribution in [2.24, 2.45) is 0 Å². The number of benzene rings is 2. The second-order valence-corrected chi connectivity index (χ2v) is 7.08. The monoisotopic (exact) mass is 438 g/mol. The highest BCUT2D eigenvalue weighted by atomic mass is 19.2. The predicted molar refractivity (Wildman–Crippen MR) is 117 cm³/mol. The second kappa shape index (κ2) is 9.52. The van der Waals surface area contributed by atoms with E-state index in [4.69, 9.17) is 9.84 Å². The summed E-state index contributed by atoms with van der Waals surface area (Å²) in [5.74, 6) is -2.03. The zero-order valence-electron chi connectivity index (χ0n) is 17.0. The molecule has 1 saturated heterocycles. The van der Waals surface area contributed by atoms with Crippen LogP contribution in [0.25, 0.3) is 17.2 Å². The first-order chi connectivity index (χ1) is 15.5. The molecule has 0 saturated carbocycles. The molecule has 164 valence electrons. The molecule has 1 fully saturated rings. The normalized spacial score (nSPS) is 14.0. The number of ether oxygens (including phenoxy) is 1. The smallest absolute Gasteiger partial charge is 0.328 e. The zero-order valence-corrected chi connectivity index (χ0v) is 17.0. The summed E-state index contributed by atoms with van der Waals surface area (Å²) in [6, 6.07) is 10.9. The number of halogens is 2. The number of morpholine rings is 1. The molecule has 7 nitrogen and oxygen atoms in total. The number of aliphatic carboxylic acids is 1. The Morgan fingerprint density at radius 1 is 1.12 bits per heavy atom. The number of carboxylic acids is 1. The van der Waals surface area contributed by atoms with Gasteiger partial charge < -0.3 is 20.1 Å². The van der Waals surface area contributed by atoms with Crippen molar-refractivity contribution in [1.82, 2.24) is 9.97 Å². The summed E-state index contributed by atoms with van der Waals surface area (Å²) in [5.41, 5.74) is 2.62. The fraction of sp³-hybridized carbons (Fsp3) is 0.174. The van der Waals surface area contributed by atoms with E-state index in [0.717, 1.165) is 34.9 Å². The summed E-state index contributed by atoms with van der Waals surface area (Å²) in [4.78, 5) is 21.9. The van der Waals surface area contributed by atoms with Crippen molar-refractivity contribution < 1.29 is 23.4 Å². The fourth-order valence-corrected chi connectivity index (χ4v) is 3.33. The summed E-state index contributed by atoms with van der Waals surface area (Å²) in [6.45, 7) is 2.37. The Morgan fingerprint density at radius 3 is 2.69 bits per heavy atom. The molecule has 4 rings (SSSR count). The van der Waals surface area contributed by atoms with Crippen molar-refractivity contribution >= 4 is 29.5 Å². The van der Waals surface area contributed by atoms with Crippen LogP contribution in [0.4, 0.5) is 26.2 Å². The van der Waals surface area contributed by atoms with Crippen LogP contribution in [0.5, 0.6) is 0 Å². The predicted octanol–water partition coefficient (Wildman–Crippen LogP) is 4.10. The van der Waals surface area contributed by atoms with Gasteiger partial charge in [0, 0.05) is 42.7 Å². The number of nitrogens with zero attached hydrogens (tertiary/aromatic N) is 3. The van der Waals surface area contributed by atoms with Crippen LogP contribution in [0.15, 0.2) is 54.7 Å². The van der Waals surface area contributed by atoms with E-state index in [1.807, 2.05) is 18.2 Å². The van der Waals surface area contributed by atoms with Crippen molar-refractivity contribution in [2.75, 3.05) is 36.5 Å². The lowest BCUT2D eigenvalue weighted by atomic mass is 10.0. The lowest BCUT2D eigenvalue weighted by molar-refractivity contribution is -0.131. The lowest BCUT2D eigenvalue weighted by Gasteiger charge is -2.29.